The van der Waals surface area contributed by atoms with Crippen molar-refractivity contribution in [3.05, 3.63) is 23.8 Å². The number of aryl methyl sites for hydroxylation is 1. The monoisotopic (exact) mass is 349 g/mol. The molecule has 1 saturated heterocycles. The van der Waals surface area contributed by atoms with Crippen molar-refractivity contribution in [1.82, 2.24) is 4.90 Å². The maximum atomic E-state index is 12.4. The van der Waals surface area contributed by atoms with E-state index >= 15 is 0 Å². The number of rotatable bonds is 10. The molecule has 1 fully saturated rings. The molecule has 140 valence electrons. The lowest BCUT2D eigenvalue weighted by atomic mass is 10.1. The number of hydrogen-bond acceptors (Lipinski definition) is 5. The van der Waals surface area contributed by atoms with E-state index in [9.17, 15) is 4.79 Å². The summed E-state index contributed by atoms with van der Waals surface area (Å²) in [6, 6.07) is 6.27. The van der Waals surface area contributed by atoms with E-state index in [0.717, 1.165) is 24.3 Å². The highest BCUT2D eigenvalue weighted by Crippen LogP contribution is 2.25. The lowest BCUT2D eigenvalue weighted by molar-refractivity contribution is -0.117. The molecule has 1 aliphatic rings. The number of nitrogens with zero attached hydrogens (tertiary/aromatic N) is 2. The van der Waals surface area contributed by atoms with Gasteiger partial charge in [-0.2, -0.15) is 0 Å². The molecule has 25 heavy (non-hydrogen) atoms. The fraction of sp³-hybridized carbons (Fsp3) is 0.632. The van der Waals surface area contributed by atoms with Gasteiger partial charge in [-0.1, -0.05) is 0 Å². The number of benzene rings is 1. The van der Waals surface area contributed by atoms with Gasteiger partial charge in [-0.15, -0.1) is 0 Å². The van der Waals surface area contributed by atoms with Crippen molar-refractivity contribution in [1.29, 1.82) is 0 Å². The molecule has 0 unspecified atom stereocenters. The van der Waals surface area contributed by atoms with Gasteiger partial charge in [0.15, 0.2) is 0 Å². The molecule has 6 nitrogen and oxygen atoms in total. The zero-order valence-electron chi connectivity index (χ0n) is 15.7. The van der Waals surface area contributed by atoms with Gasteiger partial charge in [-0.25, -0.2) is 0 Å². The van der Waals surface area contributed by atoms with E-state index in [0.29, 0.717) is 32.8 Å². The number of methoxy groups -OCH3 is 2. The molecule has 1 heterocycles. The van der Waals surface area contributed by atoms with Crippen LogP contribution in [0, 0.1) is 6.92 Å². The van der Waals surface area contributed by atoms with Crippen LogP contribution in [-0.2, 0) is 14.3 Å². The topological polar surface area (TPSA) is 54.0 Å². The van der Waals surface area contributed by atoms with Crippen molar-refractivity contribution < 1.29 is 14.3 Å². The molecule has 1 aliphatic heterocycles. The Balaban J connectivity index is 1.91. The van der Waals surface area contributed by atoms with E-state index in [1.807, 2.05) is 17.9 Å². The minimum Gasteiger partial charge on any atom is -0.383 e. The Morgan fingerprint density at radius 2 is 1.80 bits per heavy atom. The molecule has 1 aromatic rings. The van der Waals surface area contributed by atoms with Crippen molar-refractivity contribution in [3.63, 3.8) is 0 Å². The van der Waals surface area contributed by atoms with Crippen molar-refractivity contribution in [2.75, 3.05) is 70.4 Å². The third-order valence-electron chi connectivity index (χ3n) is 4.55. The van der Waals surface area contributed by atoms with Crippen molar-refractivity contribution in [2.45, 2.75) is 19.8 Å². The second kappa shape index (κ2) is 10.4. The maximum Gasteiger partial charge on any atom is 0.238 e. The lowest BCUT2D eigenvalue weighted by Gasteiger charge is -2.22. The molecule has 0 saturated carbocycles. The fourth-order valence-corrected chi connectivity index (χ4v) is 3.06. The number of carbonyl (C=O) groups is 1. The Kier molecular flexibility index (Phi) is 8.18. The molecule has 0 radical (unpaired) electrons. The zero-order valence-corrected chi connectivity index (χ0v) is 15.7. The summed E-state index contributed by atoms with van der Waals surface area (Å²) in [5.74, 6) is -0.00997. The summed E-state index contributed by atoms with van der Waals surface area (Å²) in [6.07, 6.45) is 2.52. The molecule has 0 aliphatic carbocycles. The fourth-order valence-electron chi connectivity index (χ4n) is 3.06. The average molecular weight is 349 g/mol. The van der Waals surface area contributed by atoms with Crippen molar-refractivity contribution >= 4 is 17.3 Å². The third-order valence-corrected chi connectivity index (χ3v) is 4.55. The predicted molar refractivity (Wildman–Crippen MR) is 101 cm³/mol. The van der Waals surface area contributed by atoms with Crippen molar-refractivity contribution in [2.24, 2.45) is 0 Å². The Morgan fingerprint density at radius 3 is 2.36 bits per heavy atom. The molecule has 1 aromatic carbocycles. The number of ether oxygens (including phenoxy) is 2. The van der Waals surface area contributed by atoms with E-state index in [2.05, 4.69) is 22.3 Å². The first-order chi connectivity index (χ1) is 12.1. The summed E-state index contributed by atoms with van der Waals surface area (Å²) in [7, 11) is 3.33. The Labute approximate surface area is 151 Å². The van der Waals surface area contributed by atoms with Gasteiger partial charge in [0.1, 0.15) is 0 Å². The second-order valence-electron chi connectivity index (χ2n) is 6.50. The van der Waals surface area contributed by atoms with E-state index in [4.69, 9.17) is 9.47 Å². The van der Waals surface area contributed by atoms with Crippen LogP contribution in [0.25, 0.3) is 0 Å². The molecule has 0 bridgehead atoms. The first-order valence-corrected chi connectivity index (χ1v) is 8.99. The summed E-state index contributed by atoms with van der Waals surface area (Å²) >= 11 is 0. The summed E-state index contributed by atoms with van der Waals surface area (Å²) in [6.45, 7) is 7.24. The van der Waals surface area contributed by atoms with Crippen LogP contribution < -0.4 is 10.2 Å². The van der Waals surface area contributed by atoms with Gasteiger partial charge >= 0.3 is 0 Å². The number of anilines is 2. The molecule has 0 spiro atoms. The van der Waals surface area contributed by atoms with E-state index in [1.165, 1.54) is 18.5 Å². The van der Waals surface area contributed by atoms with Gasteiger partial charge in [-0.05, 0) is 43.5 Å². The Bertz CT molecular complexity index is 537. The van der Waals surface area contributed by atoms with E-state index < -0.39 is 0 Å². The highest BCUT2D eigenvalue weighted by molar-refractivity contribution is 5.93. The first-order valence-electron chi connectivity index (χ1n) is 8.99. The number of carbonyl (C=O) groups excluding carboxylic acids is 1. The lowest BCUT2D eigenvalue weighted by Crippen LogP contribution is -2.37. The van der Waals surface area contributed by atoms with Crippen LogP contribution >= 0.6 is 0 Å². The second-order valence-corrected chi connectivity index (χ2v) is 6.50. The molecule has 0 atom stereocenters. The predicted octanol–water partition coefficient (Wildman–Crippen LogP) is 2.13. The van der Waals surface area contributed by atoms with Gasteiger partial charge in [0, 0.05) is 51.8 Å². The summed E-state index contributed by atoms with van der Waals surface area (Å²) in [5, 5.41) is 3.03. The van der Waals surface area contributed by atoms with Gasteiger partial charge in [-0.3, -0.25) is 9.69 Å². The largest absolute Gasteiger partial charge is 0.383 e. The molecule has 2 rings (SSSR count). The molecule has 1 amide bonds. The smallest absolute Gasteiger partial charge is 0.238 e. The van der Waals surface area contributed by atoms with E-state index in [1.54, 1.807) is 14.2 Å². The minimum atomic E-state index is -0.00997. The molecular weight excluding hydrogens is 318 g/mol. The van der Waals surface area contributed by atoms with Crippen molar-refractivity contribution in [3.8, 4) is 0 Å². The number of hydrogen-bond donors (Lipinski definition) is 1. The zero-order chi connectivity index (χ0) is 18.1. The Morgan fingerprint density at radius 1 is 1.16 bits per heavy atom. The normalized spacial score (nSPS) is 14.3. The first kappa shape index (κ1) is 19.7. The molecule has 6 heteroatoms. The van der Waals surface area contributed by atoms with Crippen LogP contribution in [-0.4, -0.2) is 71.0 Å². The minimum absolute atomic E-state index is 0.00997. The number of amides is 1. The van der Waals surface area contributed by atoms with Crippen LogP contribution in [0.4, 0.5) is 11.4 Å². The van der Waals surface area contributed by atoms with Crippen LogP contribution in [0.1, 0.15) is 18.4 Å². The summed E-state index contributed by atoms with van der Waals surface area (Å²) in [4.78, 5) is 16.8. The van der Waals surface area contributed by atoms with E-state index in [-0.39, 0.29) is 5.91 Å². The average Bonchev–Trinajstić information content (AvgIpc) is 3.13. The van der Waals surface area contributed by atoms with Gasteiger partial charge in [0.05, 0.1) is 19.8 Å². The highest BCUT2D eigenvalue weighted by Gasteiger charge is 2.15. The van der Waals surface area contributed by atoms with Crippen LogP contribution in [0.5, 0.6) is 0 Å². The van der Waals surface area contributed by atoms with Gasteiger partial charge in [0.25, 0.3) is 0 Å². The quantitative estimate of drug-likeness (QED) is 0.701. The molecule has 1 N–H and O–H groups in total. The standard InChI is InChI=1S/C19H31N3O3/c1-16-14-17(22-8-4-5-9-22)6-7-18(16)20-19(23)15-21(10-12-24-2)11-13-25-3/h6-7,14H,4-5,8-13,15H2,1-3H3,(H,20,23). The van der Waals surface area contributed by atoms with Crippen LogP contribution in [0.15, 0.2) is 18.2 Å². The van der Waals surface area contributed by atoms with Gasteiger partial charge in [0.2, 0.25) is 5.91 Å². The summed E-state index contributed by atoms with van der Waals surface area (Å²) < 4.78 is 10.2. The maximum absolute atomic E-state index is 12.4. The Hall–Kier alpha value is -1.63. The summed E-state index contributed by atoms with van der Waals surface area (Å²) in [5.41, 5.74) is 3.22. The van der Waals surface area contributed by atoms with Gasteiger partial charge < -0.3 is 19.7 Å². The highest BCUT2D eigenvalue weighted by atomic mass is 16.5. The van der Waals surface area contributed by atoms with Crippen LogP contribution in [0.2, 0.25) is 0 Å². The number of nitrogens with one attached hydrogen (secondary N) is 1. The van der Waals surface area contributed by atoms with Crippen LogP contribution in [0.3, 0.4) is 0 Å². The third kappa shape index (κ3) is 6.30. The molecular formula is C19H31N3O3. The molecule has 0 aromatic heterocycles. The SMILES string of the molecule is COCCN(CCOC)CC(=O)Nc1ccc(N2CCCC2)cc1C.